The van der Waals surface area contributed by atoms with Crippen LogP contribution >= 0.6 is 11.3 Å². The lowest BCUT2D eigenvalue weighted by Gasteiger charge is -2.36. The molecule has 2 aromatic rings. The Balaban J connectivity index is 1.60. The van der Waals surface area contributed by atoms with E-state index in [-0.39, 0.29) is 0 Å². The van der Waals surface area contributed by atoms with Gasteiger partial charge in [-0.3, -0.25) is 0 Å². The van der Waals surface area contributed by atoms with Crippen LogP contribution in [0.25, 0.3) is 0 Å². The van der Waals surface area contributed by atoms with Gasteiger partial charge in [-0.25, -0.2) is 4.98 Å². The maximum absolute atomic E-state index is 4.39. The predicted molar refractivity (Wildman–Crippen MR) is 85.7 cm³/mol. The van der Waals surface area contributed by atoms with Gasteiger partial charge in [0.25, 0.3) is 0 Å². The summed E-state index contributed by atoms with van der Waals surface area (Å²) in [6.07, 6.45) is 1.88. The summed E-state index contributed by atoms with van der Waals surface area (Å²) in [5.74, 6) is 0. The first-order valence-corrected chi connectivity index (χ1v) is 7.88. The Morgan fingerprint density at radius 1 is 1.10 bits per heavy atom. The van der Waals surface area contributed by atoms with E-state index in [0.717, 1.165) is 37.9 Å². The van der Waals surface area contributed by atoms with E-state index in [1.165, 1.54) is 11.3 Å². The SMILES string of the molecule is CNCc1ccc(N2CCN(c3nccs3)CC2)cc1. The summed E-state index contributed by atoms with van der Waals surface area (Å²) in [6.45, 7) is 5.14. The van der Waals surface area contributed by atoms with Gasteiger partial charge in [0.2, 0.25) is 0 Å². The molecule has 0 spiro atoms. The molecule has 1 fully saturated rings. The van der Waals surface area contributed by atoms with E-state index < -0.39 is 0 Å². The highest BCUT2D eigenvalue weighted by Gasteiger charge is 2.18. The average Bonchev–Trinajstić information content (AvgIpc) is 3.03. The Labute approximate surface area is 124 Å². The van der Waals surface area contributed by atoms with Gasteiger partial charge in [0.1, 0.15) is 0 Å². The predicted octanol–water partition coefficient (Wildman–Crippen LogP) is 2.19. The van der Waals surface area contributed by atoms with Crippen molar-refractivity contribution in [3.63, 3.8) is 0 Å². The van der Waals surface area contributed by atoms with Gasteiger partial charge in [-0.15, -0.1) is 11.3 Å². The molecule has 4 nitrogen and oxygen atoms in total. The average molecular weight is 288 g/mol. The minimum Gasteiger partial charge on any atom is -0.368 e. The zero-order chi connectivity index (χ0) is 13.8. The monoisotopic (exact) mass is 288 g/mol. The largest absolute Gasteiger partial charge is 0.368 e. The summed E-state index contributed by atoms with van der Waals surface area (Å²) in [5, 5.41) is 6.37. The van der Waals surface area contributed by atoms with Crippen molar-refractivity contribution < 1.29 is 0 Å². The molecule has 2 heterocycles. The number of thiazole rings is 1. The molecule has 0 amide bonds. The van der Waals surface area contributed by atoms with Crippen molar-refractivity contribution in [2.75, 3.05) is 43.0 Å². The first-order chi connectivity index (χ1) is 9.86. The van der Waals surface area contributed by atoms with Crippen LogP contribution in [0.5, 0.6) is 0 Å². The molecule has 5 heteroatoms. The molecule has 1 aliphatic rings. The van der Waals surface area contributed by atoms with E-state index in [4.69, 9.17) is 0 Å². The fraction of sp³-hybridized carbons (Fsp3) is 0.400. The number of hydrogen-bond donors (Lipinski definition) is 1. The maximum Gasteiger partial charge on any atom is 0.185 e. The van der Waals surface area contributed by atoms with Gasteiger partial charge in [0.15, 0.2) is 5.13 Å². The number of nitrogens with one attached hydrogen (secondary N) is 1. The lowest BCUT2D eigenvalue weighted by atomic mass is 10.2. The van der Waals surface area contributed by atoms with Crippen LogP contribution in [0.15, 0.2) is 35.8 Å². The summed E-state index contributed by atoms with van der Waals surface area (Å²) < 4.78 is 0. The molecule has 0 aliphatic carbocycles. The first kappa shape index (κ1) is 13.4. The second-order valence-electron chi connectivity index (χ2n) is 4.99. The van der Waals surface area contributed by atoms with Crippen molar-refractivity contribution in [1.82, 2.24) is 10.3 Å². The normalized spacial score (nSPS) is 15.7. The number of anilines is 2. The Morgan fingerprint density at radius 3 is 2.40 bits per heavy atom. The quantitative estimate of drug-likeness (QED) is 0.934. The first-order valence-electron chi connectivity index (χ1n) is 7.00. The highest BCUT2D eigenvalue weighted by atomic mass is 32.1. The van der Waals surface area contributed by atoms with Gasteiger partial charge < -0.3 is 15.1 Å². The van der Waals surface area contributed by atoms with Crippen LogP contribution in [-0.4, -0.2) is 38.2 Å². The minimum atomic E-state index is 0.929. The topological polar surface area (TPSA) is 31.4 Å². The molecule has 1 aromatic carbocycles. The van der Waals surface area contributed by atoms with Crippen LogP contribution in [0.2, 0.25) is 0 Å². The Hall–Kier alpha value is -1.59. The van der Waals surface area contributed by atoms with Gasteiger partial charge in [0.05, 0.1) is 0 Å². The third-order valence-corrected chi connectivity index (χ3v) is 4.48. The summed E-state index contributed by atoms with van der Waals surface area (Å²) in [5.41, 5.74) is 2.65. The molecule has 0 atom stereocenters. The zero-order valence-electron chi connectivity index (χ0n) is 11.7. The Morgan fingerprint density at radius 2 is 1.80 bits per heavy atom. The fourth-order valence-electron chi connectivity index (χ4n) is 2.56. The molecule has 1 N–H and O–H groups in total. The number of piperazine rings is 1. The standard InChI is InChI=1S/C15H20N4S/c1-16-12-13-2-4-14(5-3-13)18-7-9-19(10-8-18)15-17-6-11-20-15/h2-6,11,16H,7-10,12H2,1H3. The number of benzene rings is 1. The summed E-state index contributed by atoms with van der Waals surface area (Å²) >= 11 is 1.72. The van der Waals surface area contributed by atoms with Crippen LogP contribution in [0.1, 0.15) is 5.56 Å². The van der Waals surface area contributed by atoms with Crippen molar-refractivity contribution in [2.45, 2.75) is 6.54 Å². The highest BCUT2D eigenvalue weighted by Crippen LogP contribution is 2.22. The number of hydrogen-bond acceptors (Lipinski definition) is 5. The molecule has 0 saturated carbocycles. The molecule has 106 valence electrons. The maximum atomic E-state index is 4.39. The van der Waals surface area contributed by atoms with E-state index in [9.17, 15) is 0 Å². The lowest BCUT2D eigenvalue weighted by Crippen LogP contribution is -2.46. The minimum absolute atomic E-state index is 0.929. The number of aromatic nitrogens is 1. The van der Waals surface area contributed by atoms with Crippen LogP contribution in [-0.2, 0) is 6.54 Å². The van der Waals surface area contributed by atoms with E-state index >= 15 is 0 Å². The molecular formula is C15H20N4S. The van der Waals surface area contributed by atoms with E-state index in [2.05, 4.69) is 44.4 Å². The summed E-state index contributed by atoms with van der Waals surface area (Å²) in [7, 11) is 1.98. The summed E-state index contributed by atoms with van der Waals surface area (Å²) in [6, 6.07) is 8.87. The molecular weight excluding hydrogens is 268 g/mol. The number of rotatable bonds is 4. The van der Waals surface area contributed by atoms with Crippen LogP contribution < -0.4 is 15.1 Å². The highest BCUT2D eigenvalue weighted by molar-refractivity contribution is 7.13. The summed E-state index contributed by atoms with van der Waals surface area (Å²) in [4.78, 5) is 9.21. The molecule has 0 unspecified atom stereocenters. The van der Waals surface area contributed by atoms with E-state index in [1.807, 2.05) is 18.6 Å². The van der Waals surface area contributed by atoms with Gasteiger partial charge in [-0.2, -0.15) is 0 Å². The molecule has 3 rings (SSSR count). The zero-order valence-corrected chi connectivity index (χ0v) is 12.6. The van der Waals surface area contributed by atoms with E-state index in [0.29, 0.717) is 0 Å². The van der Waals surface area contributed by atoms with Crippen molar-refractivity contribution in [1.29, 1.82) is 0 Å². The fourth-order valence-corrected chi connectivity index (χ4v) is 3.25. The molecule has 0 bridgehead atoms. The van der Waals surface area contributed by atoms with Crippen molar-refractivity contribution >= 4 is 22.2 Å². The number of nitrogens with zero attached hydrogens (tertiary/aromatic N) is 3. The Kier molecular flexibility index (Phi) is 4.18. The molecule has 1 aliphatic heterocycles. The lowest BCUT2D eigenvalue weighted by molar-refractivity contribution is 0.652. The second-order valence-corrected chi connectivity index (χ2v) is 5.86. The third-order valence-electron chi connectivity index (χ3n) is 3.65. The Bertz CT molecular complexity index is 515. The molecule has 0 radical (unpaired) electrons. The van der Waals surface area contributed by atoms with Gasteiger partial charge in [0, 0.05) is 50.0 Å². The second kappa shape index (κ2) is 6.24. The van der Waals surface area contributed by atoms with Crippen LogP contribution in [0, 0.1) is 0 Å². The van der Waals surface area contributed by atoms with Gasteiger partial charge in [-0.1, -0.05) is 12.1 Å². The van der Waals surface area contributed by atoms with Gasteiger partial charge >= 0.3 is 0 Å². The van der Waals surface area contributed by atoms with Crippen LogP contribution in [0.3, 0.4) is 0 Å². The molecule has 1 aromatic heterocycles. The van der Waals surface area contributed by atoms with Gasteiger partial charge in [-0.05, 0) is 24.7 Å². The van der Waals surface area contributed by atoms with Crippen molar-refractivity contribution in [3.8, 4) is 0 Å². The van der Waals surface area contributed by atoms with E-state index in [1.54, 1.807) is 11.3 Å². The molecule has 20 heavy (non-hydrogen) atoms. The van der Waals surface area contributed by atoms with Crippen molar-refractivity contribution in [2.24, 2.45) is 0 Å². The van der Waals surface area contributed by atoms with Crippen molar-refractivity contribution in [3.05, 3.63) is 41.4 Å². The smallest absolute Gasteiger partial charge is 0.185 e. The third kappa shape index (κ3) is 2.94. The molecule has 1 saturated heterocycles. The van der Waals surface area contributed by atoms with Crippen LogP contribution in [0.4, 0.5) is 10.8 Å².